The zero-order valence-electron chi connectivity index (χ0n) is 8.53. The molecule has 0 unspecified atom stereocenters. The minimum atomic E-state index is -4.34. The van der Waals surface area contributed by atoms with Gasteiger partial charge in [0.05, 0.1) is 0 Å². The maximum absolute atomic E-state index is 12.1. The molecule has 0 amide bonds. The minimum absolute atomic E-state index is 0.0456. The first-order valence-electron chi connectivity index (χ1n) is 4.69. The summed E-state index contributed by atoms with van der Waals surface area (Å²) in [5, 5.41) is 3.26. The fraction of sp³-hybridized carbons (Fsp3) is 0.200. The van der Waals surface area contributed by atoms with Gasteiger partial charge in [-0.15, -0.1) is 0 Å². The molecule has 90 valence electrons. The predicted molar refractivity (Wildman–Crippen MR) is 53.9 cm³/mol. The molecule has 2 N–H and O–H groups in total. The van der Waals surface area contributed by atoms with Crippen LogP contribution in [0.4, 0.5) is 18.9 Å². The summed E-state index contributed by atoms with van der Waals surface area (Å²) in [5.74, 6) is -0.339. The summed E-state index contributed by atoms with van der Waals surface area (Å²) in [6, 6.07) is 6.40. The lowest BCUT2D eigenvalue weighted by Crippen LogP contribution is -2.12. The molecule has 0 atom stereocenters. The SMILES string of the molecule is Nc1ccc(-c2nc(CC(F)(F)F)no2)cc1. The van der Waals surface area contributed by atoms with Crippen LogP contribution in [0.15, 0.2) is 28.8 Å². The Balaban J connectivity index is 2.21. The van der Waals surface area contributed by atoms with Crippen molar-refractivity contribution in [3.05, 3.63) is 30.1 Å². The molecule has 7 heteroatoms. The van der Waals surface area contributed by atoms with Gasteiger partial charge in [-0.05, 0) is 24.3 Å². The van der Waals surface area contributed by atoms with Crippen LogP contribution in [-0.4, -0.2) is 16.3 Å². The molecule has 0 aliphatic carbocycles. The van der Waals surface area contributed by atoms with Crippen molar-refractivity contribution in [1.29, 1.82) is 0 Å². The number of anilines is 1. The van der Waals surface area contributed by atoms with Crippen LogP contribution in [0, 0.1) is 0 Å². The van der Waals surface area contributed by atoms with Crippen LogP contribution in [0.3, 0.4) is 0 Å². The van der Waals surface area contributed by atoms with E-state index in [0.717, 1.165) is 0 Å². The fourth-order valence-corrected chi connectivity index (χ4v) is 1.25. The van der Waals surface area contributed by atoms with Gasteiger partial charge in [-0.1, -0.05) is 5.16 Å². The standard InChI is InChI=1S/C10H8F3N3O/c11-10(12,13)5-8-15-9(17-16-8)6-1-3-7(14)4-2-6/h1-4H,5,14H2. The normalized spacial score (nSPS) is 11.7. The number of aromatic nitrogens is 2. The Bertz CT molecular complexity index is 504. The molecule has 0 saturated carbocycles. The molecule has 1 aromatic carbocycles. The van der Waals surface area contributed by atoms with E-state index in [9.17, 15) is 13.2 Å². The summed E-state index contributed by atoms with van der Waals surface area (Å²) < 4.78 is 40.9. The maximum Gasteiger partial charge on any atom is 0.396 e. The van der Waals surface area contributed by atoms with Gasteiger partial charge in [0.1, 0.15) is 6.42 Å². The lowest BCUT2D eigenvalue weighted by atomic mass is 10.2. The number of benzene rings is 1. The Morgan fingerprint density at radius 1 is 1.18 bits per heavy atom. The second-order valence-electron chi connectivity index (χ2n) is 3.43. The molecule has 2 rings (SSSR count). The third-order valence-corrected chi connectivity index (χ3v) is 1.98. The zero-order valence-corrected chi connectivity index (χ0v) is 8.53. The van der Waals surface area contributed by atoms with E-state index in [1.54, 1.807) is 24.3 Å². The number of rotatable bonds is 2. The van der Waals surface area contributed by atoms with Gasteiger partial charge in [-0.3, -0.25) is 0 Å². The fourth-order valence-electron chi connectivity index (χ4n) is 1.25. The Kier molecular flexibility index (Phi) is 2.74. The summed E-state index contributed by atoms with van der Waals surface area (Å²) in [6.07, 6.45) is -5.55. The number of nitrogen functional groups attached to an aromatic ring is 1. The van der Waals surface area contributed by atoms with Crippen LogP contribution < -0.4 is 5.73 Å². The summed E-state index contributed by atoms with van der Waals surface area (Å²) >= 11 is 0. The molecule has 0 bridgehead atoms. The van der Waals surface area contributed by atoms with E-state index >= 15 is 0 Å². The quantitative estimate of drug-likeness (QED) is 0.822. The Hall–Kier alpha value is -2.05. The summed E-state index contributed by atoms with van der Waals surface area (Å²) in [5.41, 5.74) is 6.55. The third kappa shape index (κ3) is 2.96. The lowest BCUT2D eigenvalue weighted by molar-refractivity contribution is -0.128. The van der Waals surface area contributed by atoms with Crippen molar-refractivity contribution in [3.63, 3.8) is 0 Å². The average Bonchev–Trinajstić information content (AvgIpc) is 2.64. The van der Waals surface area contributed by atoms with E-state index < -0.39 is 12.6 Å². The first-order valence-corrected chi connectivity index (χ1v) is 4.69. The van der Waals surface area contributed by atoms with Crippen LogP contribution >= 0.6 is 0 Å². The molecular formula is C10H8F3N3O. The highest BCUT2D eigenvalue weighted by Gasteiger charge is 2.30. The van der Waals surface area contributed by atoms with Crippen LogP contribution in [-0.2, 0) is 6.42 Å². The average molecular weight is 243 g/mol. The highest BCUT2D eigenvalue weighted by Crippen LogP contribution is 2.22. The molecule has 0 radical (unpaired) electrons. The molecule has 0 spiro atoms. The first-order chi connectivity index (χ1) is 7.94. The van der Waals surface area contributed by atoms with Crippen molar-refractivity contribution in [2.75, 3.05) is 5.73 Å². The van der Waals surface area contributed by atoms with E-state index in [1.165, 1.54) is 0 Å². The Morgan fingerprint density at radius 2 is 1.82 bits per heavy atom. The number of nitrogens with zero attached hydrogens (tertiary/aromatic N) is 2. The van der Waals surface area contributed by atoms with E-state index in [2.05, 4.69) is 10.1 Å². The lowest BCUT2D eigenvalue weighted by Gasteiger charge is -1.99. The van der Waals surface area contributed by atoms with Crippen molar-refractivity contribution >= 4 is 5.69 Å². The van der Waals surface area contributed by atoms with E-state index in [4.69, 9.17) is 10.3 Å². The monoisotopic (exact) mass is 243 g/mol. The number of halogens is 3. The number of nitrogens with two attached hydrogens (primary N) is 1. The molecule has 0 aliphatic heterocycles. The molecular weight excluding hydrogens is 235 g/mol. The Morgan fingerprint density at radius 3 is 2.41 bits per heavy atom. The van der Waals surface area contributed by atoms with Gasteiger partial charge in [0.25, 0.3) is 5.89 Å². The first kappa shape index (κ1) is 11.4. The van der Waals surface area contributed by atoms with Gasteiger partial charge in [0.15, 0.2) is 5.82 Å². The highest BCUT2D eigenvalue weighted by molar-refractivity contribution is 5.56. The molecule has 0 aliphatic rings. The summed E-state index contributed by atoms with van der Waals surface area (Å²) in [7, 11) is 0. The van der Waals surface area contributed by atoms with Crippen LogP contribution in [0.2, 0.25) is 0 Å². The molecule has 1 aromatic heterocycles. The molecule has 1 heterocycles. The van der Waals surface area contributed by atoms with E-state index in [-0.39, 0.29) is 11.7 Å². The van der Waals surface area contributed by atoms with Crippen molar-refractivity contribution < 1.29 is 17.7 Å². The molecule has 0 fully saturated rings. The summed E-state index contributed by atoms with van der Waals surface area (Å²) in [6.45, 7) is 0. The number of alkyl halides is 3. The zero-order chi connectivity index (χ0) is 12.5. The topological polar surface area (TPSA) is 64.9 Å². The van der Waals surface area contributed by atoms with Crippen LogP contribution in [0.1, 0.15) is 5.82 Å². The van der Waals surface area contributed by atoms with Gasteiger partial charge in [0, 0.05) is 11.3 Å². The molecule has 17 heavy (non-hydrogen) atoms. The predicted octanol–water partition coefficient (Wildman–Crippen LogP) is 2.42. The van der Waals surface area contributed by atoms with Gasteiger partial charge >= 0.3 is 6.18 Å². The second kappa shape index (κ2) is 4.08. The molecule has 4 nitrogen and oxygen atoms in total. The van der Waals surface area contributed by atoms with Crippen molar-refractivity contribution in [2.24, 2.45) is 0 Å². The third-order valence-electron chi connectivity index (χ3n) is 1.98. The molecule has 2 aromatic rings. The summed E-state index contributed by atoms with van der Waals surface area (Å²) in [4.78, 5) is 3.66. The van der Waals surface area contributed by atoms with Gasteiger partial charge in [-0.2, -0.15) is 18.2 Å². The highest BCUT2D eigenvalue weighted by atomic mass is 19.4. The van der Waals surface area contributed by atoms with E-state index in [1.807, 2.05) is 0 Å². The van der Waals surface area contributed by atoms with E-state index in [0.29, 0.717) is 11.3 Å². The van der Waals surface area contributed by atoms with Crippen molar-refractivity contribution in [2.45, 2.75) is 12.6 Å². The molecule has 0 saturated heterocycles. The largest absolute Gasteiger partial charge is 0.399 e. The van der Waals surface area contributed by atoms with Gasteiger partial charge in [0.2, 0.25) is 0 Å². The smallest absolute Gasteiger partial charge is 0.396 e. The maximum atomic E-state index is 12.1. The second-order valence-corrected chi connectivity index (χ2v) is 3.43. The van der Waals surface area contributed by atoms with Crippen LogP contribution in [0.25, 0.3) is 11.5 Å². The van der Waals surface area contributed by atoms with Crippen molar-refractivity contribution in [3.8, 4) is 11.5 Å². The van der Waals surface area contributed by atoms with Gasteiger partial charge in [-0.25, -0.2) is 0 Å². The number of hydrogen-bond donors (Lipinski definition) is 1. The Labute approximate surface area is 94.2 Å². The minimum Gasteiger partial charge on any atom is -0.399 e. The van der Waals surface area contributed by atoms with Gasteiger partial charge < -0.3 is 10.3 Å². The number of hydrogen-bond acceptors (Lipinski definition) is 4. The van der Waals surface area contributed by atoms with Crippen molar-refractivity contribution in [1.82, 2.24) is 10.1 Å². The van der Waals surface area contributed by atoms with Crippen LogP contribution in [0.5, 0.6) is 0 Å².